The van der Waals surface area contributed by atoms with E-state index in [1.54, 1.807) is 0 Å². The van der Waals surface area contributed by atoms with Crippen LogP contribution in [0.15, 0.2) is 0 Å². The average Bonchev–Trinajstić information content (AvgIpc) is 1.91. The molecule has 0 aromatic rings. The van der Waals surface area contributed by atoms with Crippen molar-refractivity contribution in [2.75, 3.05) is 12.4 Å². The topological polar surface area (TPSA) is 19.9 Å². The molecule has 0 bridgehead atoms. The summed E-state index contributed by atoms with van der Waals surface area (Å²) < 4.78 is 0. The first-order valence-electron chi connectivity index (χ1n) is 3.54. The molecule has 0 saturated heterocycles. The molecule has 0 aliphatic rings. The predicted octanol–water partition coefficient (Wildman–Crippen LogP) is 2.34. The van der Waals surface area contributed by atoms with Crippen molar-refractivity contribution in [2.45, 2.75) is 31.9 Å². The summed E-state index contributed by atoms with van der Waals surface area (Å²) >= 11 is 1.81. The maximum Gasteiger partial charge on any atom is 0.0912 e. The second-order valence-electron chi connectivity index (χ2n) is 2.01. The van der Waals surface area contributed by atoms with Crippen LogP contribution in [0.2, 0.25) is 0 Å². The normalized spacial score (nSPS) is 10.7. The highest BCUT2D eigenvalue weighted by molar-refractivity contribution is 7.99. The van der Waals surface area contributed by atoms with Gasteiger partial charge >= 0.3 is 0 Å². The number of rotatable bonds is 5. The molecule has 0 fully saturated rings. The summed E-state index contributed by atoms with van der Waals surface area (Å²) in [6.45, 7) is 4.42. The summed E-state index contributed by atoms with van der Waals surface area (Å²) in [6, 6.07) is 0. The third-order valence-electron chi connectivity index (χ3n) is 1.35. The first-order chi connectivity index (χ1) is 4.35. The van der Waals surface area contributed by atoms with Crippen molar-refractivity contribution in [3.8, 4) is 0 Å². The Bertz CT molecular complexity index is 52.9. The van der Waals surface area contributed by atoms with Gasteiger partial charge in [0.2, 0.25) is 0 Å². The smallest absolute Gasteiger partial charge is 0.0912 e. The number of hydrogen-bond acceptors (Lipinski definition) is 1. The lowest BCUT2D eigenvalue weighted by atomic mass is 10.3. The average molecular weight is 147 g/mol. The SMILES string of the molecule is CCC(CC)SCC[O]. The van der Waals surface area contributed by atoms with E-state index >= 15 is 0 Å². The summed E-state index contributed by atoms with van der Waals surface area (Å²) in [5, 5.41) is 10.8. The van der Waals surface area contributed by atoms with Crippen LogP contribution >= 0.6 is 11.8 Å². The Kier molecular flexibility index (Phi) is 6.65. The lowest BCUT2D eigenvalue weighted by Crippen LogP contribution is -2.00. The van der Waals surface area contributed by atoms with Crippen molar-refractivity contribution in [3.63, 3.8) is 0 Å². The van der Waals surface area contributed by atoms with E-state index in [9.17, 15) is 5.11 Å². The lowest BCUT2D eigenvalue weighted by molar-refractivity contribution is 0.215. The van der Waals surface area contributed by atoms with Gasteiger partial charge in [0.05, 0.1) is 6.61 Å². The van der Waals surface area contributed by atoms with Gasteiger partial charge in [0.1, 0.15) is 0 Å². The van der Waals surface area contributed by atoms with Crippen LogP contribution in [-0.4, -0.2) is 17.6 Å². The predicted molar refractivity (Wildman–Crippen MR) is 42.4 cm³/mol. The summed E-state index contributed by atoms with van der Waals surface area (Å²) in [5.41, 5.74) is 0. The van der Waals surface area contributed by atoms with Gasteiger partial charge in [-0.3, -0.25) is 0 Å². The monoisotopic (exact) mass is 147 g/mol. The zero-order valence-electron chi connectivity index (χ0n) is 6.22. The molecule has 0 aliphatic carbocycles. The zero-order valence-corrected chi connectivity index (χ0v) is 7.04. The minimum atomic E-state index is 0.0706. The molecule has 0 amide bonds. The van der Waals surface area contributed by atoms with Crippen molar-refractivity contribution in [2.24, 2.45) is 0 Å². The largest absolute Gasteiger partial charge is 0.236 e. The molecule has 1 nitrogen and oxygen atoms in total. The van der Waals surface area contributed by atoms with Crippen LogP contribution in [0.4, 0.5) is 0 Å². The second kappa shape index (κ2) is 6.43. The first kappa shape index (κ1) is 9.31. The van der Waals surface area contributed by atoms with Crippen LogP contribution in [0.1, 0.15) is 26.7 Å². The van der Waals surface area contributed by atoms with Gasteiger partial charge < -0.3 is 0 Å². The van der Waals surface area contributed by atoms with Crippen LogP contribution in [0.5, 0.6) is 0 Å². The molecule has 0 unspecified atom stereocenters. The van der Waals surface area contributed by atoms with E-state index in [4.69, 9.17) is 0 Å². The van der Waals surface area contributed by atoms with E-state index in [-0.39, 0.29) is 6.61 Å². The highest BCUT2D eigenvalue weighted by atomic mass is 32.2. The fourth-order valence-corrected chi connectivity index (χ4v) is 1.64. The van der Waals surface area contributed by atoms with Crippen LogP contribution in [-0.2, 0) is 5.11 Å². The third kappa shape index (κ3) is 4.79. The molecular formula is C7H15OS. The number of thioether (sulfide) groups is 1. The van der Waals surface area contributed by atoms with Gasteiger partial charge in [-0.15, -0.1) is 0 Å². The van der Waals surface area contributed by atoms with Crippen molar-refractivity contribution in [3.05, 3.63) is 0 Å². The molecule has 0 atom stereocenters. The molecule has 0 rings (SSSR count). The first-order valence-corrected chi connectivity index (χ1v) is 4.59. The quantitative estimate of drug-likeness (QED) is 0.584. The molecular weight excluding hydrogens is 132 g/mol. The molecule has 0 N–H and O–H groups in total. The summed E-state index contributed by atoms with van der Waals surface area (Å²) in [7, 11) is 0. The van der Waals surface area contributed by atoms with Crippen molar-refractivity contribution < 1.29 is 5.11 Å². The van der Waals surface area contributed by atoms with Crippen LogP contribution < -0.4 is 0 Å². The van der Waals surface area contributed by atoms with E-state index < -0.39 is 0 Å². The van der Waals surface area contributed by atoms with Crippen LogP contribution in [0.3, 0.4) is 0 Å². The van der Waals surface area contributed by atoms with Crippen molar-refractivity contribution >= 4 is 11.8 Å². The molecule has 0 spiro atoms. The molecule has 55 valence electrons. The highest BCUT2D eigenvalue weighted by Crippen LogP contribution is 2.16. The van der Waals surface area contributed by atoms with Gasteiger partial charge in [-0.2, -0.15) is 11.8 Å². The molecule has 0 heterocycles. The molecule has 2 heteroatoms. The second-order valence-corrected chi connectivity index (χ2v) is 3.42. The summed E-state index contributed by atoms with van der Waals surface area (Å²) in [4.78, 5) is 0. The lowest BCUT2D eigenvalue weighted by Gasteiger charge is -2.08. The maximum atomic E-state index is 10.0. The minimum absolute atomic E-state index is 0.0706. The van der Waals surface area contributed by atoms with Gasteiger partial charge in [0.15, 0.2) is 0 Å². The summed E-state index contributed by atoms with van der Waals surface area (Å²) in [5.74, 6) is 0.784. The minimum Gasteiger partial charge on any atom is -0.236 e. The highest BCUT2D eigenvalue weighted by Gasteiger charge is 2.01. The zero-order chi connectivity index (χ0) is 7.11. The Morgan fingerprint density at radius 3 is 2.22 bits per heavy atom. The fraction of sp³-hybridized carbons (Fsp3) is 1.00. The van der Waals surface area contributed by atoms with Gasteiger partial charge in [-0.05, 0) is 12.8 Å². The van der Waals surface area contributed by atoms with Crippen LogP contribution in [0.25, 0.3) is 0 Å². The Hall–Kier alpha value is 0.310. The van der Waals surface area contributed by atoms with Gasteiger partial charge in [0, 0.05) is 11.0 Å². The Morgan fingerprint density at radius 1 is 1.33 bits per heavy atom. The Balaban J connectivity index is 3.09. The third-order valence-corrected chi connectivity index (χ3v) is 2.89. The maximum absolute atomic E-state index is 10.0. The van der Waals surface area contributed by atoms with Gasteiger partial charge in [0.25, 0.3) is 0 Å². The Morgan fingerprint density at radius 2 is 1.89 bits per heavy atom. The van der Waals surface area contributed by atoms with E-state index in [1.807, 2.05) is 11.8 Å². The van der Waals surface area contributed by atoms with Crippen molar-refractivity contribution in [1.29, 1.82) is 0 Å². The molecule has 0 aromatic carbocycles. The molecule has 0 aromatic heterocycles. The molecule has 0 aliphatic heterocycles. The van der Waals surface area contributed by atoms with Gasteiger partial charge in [-0.1, -0.05) is 13.8 Å². The molecule has 1 radical (unpaired) electrons. The van der Waals surface area contributed by atoms with E-state index in [1.165, 1.54) is 12.8 Å². The Labute approximate surface area is 61.8 Å². The van der Waals surface area contributed by atoms with Gasteiger partial charge in [-0.25, -0.2) is 5.11 Å². The summed E-state index contributed by atoms with van der Waals surface area (Å²) in [6.07, 6.45) is 2.39. The van der Waals surface area contributed by atoms with Crippen molar-refractivity contribution in [1.82, 2.24) is 0 Å². The molecule has 0 saturated carbocycles. The van der Waals surface area contributed by atoms with Crippen LogP contribution in [0, 0.1) is 0 Å². The number of hydrogen-bond donors (Lipinski definition) is 0. The fourth-order valence-electron chi connectivity index (χ4n) is 0.739. The molecule has 9 heavy (non-hydrogen) atoms. The van der Waals surface area contributed by atoms with E-state index in [0.29, 0.717) is 0 Å². The van der Waals surface area contributed by atoms with E-state index in [2.05, 4.69) is 13.8 Å². The van der Waals surface area contributed by atoms with E-state index in [0.717, 1.165) is 11.0 Å². The standard InChI is InChI=1S/C7H15OS/c1-3-7(4-2)9-6-5-8/h7H,3-6H2,1-2H3.